The second kappa shape index (κ2) is 6.74. The Morgan fingerprint density at radius 3 is 2.74 bits per heavy atom. The smallest absolute Gasteiger partial charge is 0.344 e. The van der Waals surface area contributed by atoms with Crippen LogP contribution in [0.15, 0.2) is 12.2 Å². The van der Waals surface area contributed by atoms with Gasteiger partial charge in [0.1, 0.15) is 11.6 Å². The van der Waals surface area contributed by atoms with Crippen molar-refractivity contribution in [1.29, 1.82) is 0 Å². The fourth-order valence-corrected chi connectivity index (χ4v) is 1.80. The van der Waals surface area contributed by atoms with Crippen LogP contribution in [0, 0.1) is 0 Å². The molecule has 0 saturated heterocycles. The summed E-state index contributed by atoms with van der Waals surface area (Å²) in [6, 6.07) is -0.425. The number of aromatic nitrogens is 1. The summed E-state index contributed by atoms with van der Waals surface area (Å²) in [6.45, 7) is 2.05. The molecule has 1 aromatic rings. The molecular formula is C11H15N3O4S. The van der Waals surface area contributed by atoms with Crippen LogP contribution in [0.3, 0.4) is 0 Å². The number of hydrogen-bond donors (Lipinski definition) is 2. The average molecular weight is 285 g/mol. The molecular weight excluding hydrogens is 270 g/mol. The molecule has 1 heterocycles. The Bertz CT molecular complexity index is 496. The maximum Gasteiger partial charge on any atom is 0.344 e. The number of nitrogens with zero attached hydrogens (tertiary/aromatic N) is 2. The van der Waals surface area contributed by atoms with Crippen molar-refractivity contribution in [2.45, 2.75) is 6.92 Å². The monoisotopic (exact) mass is 285 g/mol. The van der Waals surface area contributed by atoms with Crippen molar-refractivity contribution >= 4 is 28.5 Å². The number of carbonyl (C=O) groups is 2. The Labute approximate surface area is 114 Å². The molecule has 0 aromatic carbocycles. The van der Waals surface area contributed by atoms with Crippen LogP contribution >= 0.6 is 11.5 Å². The highest BCUT2D eigenvalue weighted by atomic mass is 32.1. The number of nitrogens with one attached hydrogen (secondary N) is 1. The predicted molar refractivity (Wildman–Crippen MR) is 72.1 cm³/mol. The summed E-state index contributed by atoms with van der Waals surface area (Å²) in [5.74, 6) is -1.19. The molecule has 0 aliphatic rings. The predicted octanol–water partition coefficient (Wildman–Crippen LogP) is 1.89. The SMILES string of the molecule is C/C=C/COc1nsc(NC(=O)N(C)C)c1C(=O)O. The number of carboxylic acid groups (broad SMARTS) is 1. The van der Waals surface area contributed by atoms with E-state index in [1.165, 1.54) is 4.90 Å². The maximum atomic E-state index is 11.5. The highest BCUT2D eigenvalue weighted by molar-refractivity contribution is 7.11. The zero-order valence-electron chi connectivity index (χ0n) is 10.8. The van der Waals surface area contributed by atoms with Crippen molar-refractivity contribution in [3.05, 3.63) is 17.7 Å². The second-order valence-corrected chi connectivity index (χ2v) is 4.48. The minimum atomic E-state index is -1.20. The number of urea groups is 1. The van der Waals surface area contributed by atoms with Crippen LogP contribution < -0.4 is 10.1 Å². The molecule has 7 nitrogen and oxygen atoms in total. The van der Waals surface area contributed by atoms with Crippen LogP contribution in [0.1, 0.15) is 17.3 Å². The quantitative estimate of drug-likeness (QED) is 0.806. The second-order valence-electron chi connectivity index (χ2n) is 3.70. The topological polar surface area (TPSA) is 91.8 Å². The molecule has 0 bridgehead atoms. The Morgan fingerprint density at radius 1 is 1.53 bits per heavy atom. The van der Waals surface area contributed by atoms with Crippen LogP contribution in [0.2, 0.25) is 0 Å². The summed E-state index contributed by atoms with van der Waals surface area (Å²) in [5.41, 5.74) is -0.135. The van der Waals surface area contributed by atoms with E-state index < -0.39 is 12.0 Å². The van der Waals surface area contributed by atoms with Crippen LogP contribution in [0.25, 0.3) is 0 Å². The largest absolute Gasteiger partial charge is 0.477 e. The summed E-state index contributed by atoms with van der Waals surface area (Å²) < 4.78 is 9.12. The Kier molecular flexibility index (Phi) is 5.31. The molecule has 19 heavy (non-hydrogen) atoms. The average Bonchev–Trinajstić information content (AvgIpc) is 2.72. The van der Waals surface area contributed by atoms with Crippen molar-refractivity contribution in [2.75, 3.05) is 26.0 Å². The molecule has 0 spiro atoms. The van der Waals surface area contributed by atoms with Crippen LogP contribution in [-0.4, -0.2) is 47.1 Å². The molecule has 1 aromatic heterocycles. The van der Waals surface area contributed by atoms with Gasteiger partial charge in [0, 0.05) is 14.1 Å². The van der Waals surface area contributed by atoms with Crippen molar-refractivity contribution in [3.63, 3.8) is 0 Å². The van der Waals surface area contributed by atoms with Gasteiger partial charge in [-0.1, -0.05) is 12.2 Å². The van der Waals surface area contributed by atoms with Gasteiger partial charge in [-0.2, -0.15) is 4.37 Å². The van der Waals surface area contributed by atoms with Gasteiger partial charge in [0.25, 0.3) is 0 Å². The Balaban J connectivity index is 2.93. The molecule has 0 unspecified atom stereocenters. The number of anilines is 1. The minimum Gasteiger partial charge on any atom is -0.477 e. The van der Waals surface area contributed by atoms with Gasteiger partial charge in [0.2, 0.25) is 5.88 Å². The molecule has 2 amide bonds. The first-order valence-electron chi connectivity index (χ1n) is 5.42. The molecule has 0 aliphatic heterocycles. The lowest BCUT2D eigenvalue weighted by Gasteiger charge is -2.10. The maximum absolute atomic E-state index is 11.5. The van der Waals surface area contributed by atoms with Crippen molar-refractivity contribution < 1.29 is 19.4 Å². The van der Waals surface area contributed by atoms with E-state index in [2.05, 4.69) is 9.69 Å². The van der Waals surface area contributed by atoms with E-state index in [-0.39, 0.29) is 23.1 Å². The van der Waals surface area contributed by atoms with Gasteiger partial charge >= 0.3 is 12.0 Å². The van der Waals surface area contributed by atoms with Crippen LogP contribution in [0.5, 0.6) is 5.88 Å². The third-order valence-electron chi connectivity index (χ3n) is 2.05. The third-order valence-corrected chi connectivity index (χ3v) is 2.80. The fraction of sp³-hybridized carbons (Fsp3) is 0.364. The highest BCUT2D eigenvalue weighted by Crippen LogP contribution is 2.30. The third kappa shape index (κ3) is 3.95. The molecule has 1 rings (SSSR count). The minimum absolute atomic E-state index is 0.00431. The molecule has 0 atom stereocenters. The van der Waals surface area contributed by atoms with Gasteiger partial charge in [-0.25, -0.2) is 9.59 Å². The number of hydrogen-bond acceptors (Lipinski definition) is 5. The molecule has 2 N–H and O–H groups in total. The molecule has 104 valence electrons. The number of carboxylic acids is 1. The fourth-order valence-electron chi connectivity index (χ4n) is 1.08. The highest BCUT2D eigenvalue weighted by Gasteiger charge is 2.23. The number of carbonyl (C=O) groups excluding carboxylic acids is 1. The standard InChI is InChI=1S/C11H15N3O4S/c1-4-5-6-18-8-7(10(15)16)9(19-13-8)12-11(17)14(2)3/h4-5H,6H2,1-3H3,(H,12,17)(H,15,16)/b5-4+. The van der Waals surface area contributed by atoms with Crippen LogP contribution in [0.4, 0.5) is 9.80 Å². The van der Waals surface area contributed by atoms with E-state index in [4.69, 9.17) is 9.84 Å². The first-order valence-corrected chi connectivity index (χ1v) is 6.20. The van der Waals surface area contributed by atoms with Gasteiger partial charge in [0.15, 0.2) is 5.56 Å². The van der Waals surface area contributed by atoms with E-state index in [0.717, 1.165) is 11.5 Å². The lowest BCUT2D eigenvalue weighted by molar-refractivity contribution is 0.0694. The number of allylic oxidation sites excluding steroid dienone is 1. The summed E-state index contributed by atoms with van der Waals surface area (Å²) in [5, 5.41) is 11.8. The van der Waals surface area contributed by atoms with E-state index in [9.17, 15) is 9.59 Å². The van der Waals surface area contributed by atoms with Gasteiger partial charge in [0.05, 0.1) is 0 Å². The van der Waals surface area contributed by atoms with Gasteiger partial charge in [-0.3, -0.25) is 5.32 Å². The van der Waals surface area contributed by atoms with E-state index in [0.29, 0.717) is 0 Å². The van der Waals surface area contributed by atoms with Gasteiger partial charge in [-0.15, -0.1) is 0 Å². The zero-order valence-corrected chi connectivity index (χ0v) is 11.7. The molecule has 0 fully saturated rings. The van der Waals surface area contributed by atoms with E-state index in [1.54, 1.807) is 26.2 Å². The number of amides is 2. The Morgan fingerprint density at radius 2 is 2.21 bits per heavy atom. The summed E-state index contributed by atoms with van der Waals surface area (Å²) >= 11 is 0.870. The van der Waals surface area contributed by atoms with Gasteiger partial charge < -0.3 is 14.7 Å². The van der Waals surface area contributed by atoms with E-state index in [1.807, 2.05) is 6.92 Å². The lowest BCUT2D eigenvalue weighted by atomic mass is 10.3. The first-order chi connectivity index (χ1) is 8.97. The molecule has 8 heteroatoms. The number of rotatable bonds is 5. The molecule has 0 aliphatic carbocycles. The van der Waals surface area contributed by atoms with Crippen molar-refractivity contribution in [3.8, 4) is 5.88 Å². The number of ether oxygens (including phenoxy) is 1. The Hall–Kier alpha value is -2.09. The summed E-state index contributed by atoms with van der Waals surface area (Å²) in [6.07, 6.45) is 3.50. The molecule has 0 radical (unpaired) electrons. The van der Waals surface area contributed by atoms with Crippen molar-refractivity contribution in [2.24, 2.45) is 0 Å². The molecule has 0 saturated carbocycles. The zero-order chi connectivity index (χ0) is 14.4. The van der Waals surface area contributed by atoms with Gasteiger partial charge in [-0.05, 0) is 18.5 Å². The lowest BCUT2D eigenvalue weighted by Crippen LogP contribution is -2.27. The van der Waals surface area contributed by atoms with Crippen molar-refractivity contribution in [1.82, 2.24) is 9.27 Å². The van der Waals surface area contributed by atoms with E-state index >= 15 is 0 Å². The summed E-state index contributed by atoms with van der Waals surface area (Å²) in [4.78, 5) is 24.0. The number of aromatic carboxylic acids is 1. The van der Waals surface area contributed by atoms with Crippen LogP contribution in [-0.2, 0) is 0 Å². The first kappa shape index (κ1) is 15.0. The normalized spacial score (nSPS) is 10.5. The summed E-state index contributed by atoms with van der Waals surface area (Å²) in [7, 11) is 3.11.